The maximum atomic E-state index is 12.8. The minimum Gasteiger partial charge on any atom is -0.507 e. The fourth-order valence-corrected chi connectivity index (χ4v) is 4.08. The van der Waals surface area contributed by atoms with Gasteiger partial charge in [0.1, 0.15) is 18.1 Å². The molecule has 0 amide bonds. The number of esters is 1. The molecule has 1 N–H and O–H groups in total. The van der Waals surface area contributed by atoms with Gasteiger partial charge < -0.3 is 47.7 Å². The third kappa shape index (κ3) is 11.5. The van der Waals surface area contributed by atoms with Crippen molar-refractivity contribution in [3.8, 4) is 11.5 Å². The number of phenolic OH excluding ortho intramolecular Hbond substituents is 1. The van der Waals surface area contributed by atoms with Gasteiger partial charge in [0.25, 0.3) is 0 Å². The molecule has 40 heavy (non-hydrogen) atoms. The highest BCUT2D eigenvalue weighted by Crippen LogP contribution is 2.43. The van der Waals surface area contributed by atoms with Gasteiger partial charge in [-0.3, -0.25) is 0 Å². The zero-order valence-corrected chi connectivity index (χ0v) is 24.8. The number of aromatic hydroxyl groups is 1. The Kier molecular flexibility index (Phi) is 16.4. The largest absolute Gasteiger partial charge is 0.507 e. The summed E-state index contributed by atoms with van der Waals surface area (Å²) in [6.45, 7) is 13.7. The third-order valence-corrected chi connectivity index (χ3v) is 6.70. The van der Waals surface area contributed by atoms with Crippen LogP contribution in [0.3, 0.4) is 0 Å². The lowest BCUT2D eigenvalue weighted by atomic mass is 9.87. The van der Waals surface area contributed by atoms with Crippen LogP contribution in [0.1, 0.15) is 35.6 Å². The summed E-state index contributed by atoms with van der Waals surface area (Å²) in [4.78, 5) is 12.8. The summed E-state index contributed by atoms with van der Waals surface area (Å²) >= 11 is 0. The van der Waals surface area contributed by atoms with Gasteiger partial charge in [0.15, 0.2) is 0 Å². The van der Waals surface area contributed by atoms with E-state index in [-0.39, 0.29) is 13.2 Å². The zero-order valence-electron chi connectivity index (χ0n) is 24.8. The molecule has 1 aromatic rings. The molecule has 0 aliphatic carbocycles. The van der Waals surface area contributed by atoms with E-state index in [1.165, 1.54) is 0 Å². The molecule has 11 nitrogen and oxygen atoms in total. The maximum absolute atomic E-state index is 12.8. The van der Waals surface area contributed by atoms with E-state index in [2.05, 4.69) is 0 Å². The second-order valence-electron chi connectivity index (χ2n) is 9.67. The van der Waals surface area contributed by atoms with Gasteiger partial charge in [-0.2, -0.15) is 0 Å². The Morgan fingerprint density at radius 3 is 1.57 bits per heavy atom. The molecule has 11 heteroatoms. The lowest BCUT2D eigenvalue weighted by molar-refractivity contribution is -0.164. The number of hydrogen-bond donors (Lipinski definition) is 1. The Morgan fingerprint density at radius 2 is 1.12 bits per heavy atom. The maximum Gasteiger partial charge on any atom is 0.350 e. The van der Waals surface area contributed by atoms with Crippen molar-refractivity contribution in [2.24, 2.45) is 0 Å². The SMILES string of the molecule is COCCOCCOCCOCCOCCOCCOCCOC(=O)C1(C)CCc2c(C)c(O)c(C)c(C)c2O1. The van der Waals surface area contributed by atoms with Crippen molar-refractivity contribution >= 4 is 5.97 Å². The van der Waals surface area contributed by atoms with Crippen LogP contribution >= 0.6 is 0 Å². The number of benzene rings is 1. The first-order valence-electron chi connectivity index (χ1n) is 13.9. The minimum atomic E-state index is -1.07. The molecule has 230 valence electrons. The van der Waals surface area contributed by atoms with Crippen LogP contribution < -0.4 is 4.74 Å². The number of rotatable bonds is 22. The first-order valence-corrected chi connectivity index (χ1v) is 13.9. The van der Waals surface area contributed by atoms with E-state index >= 15 is 0 Å². The molecule has 1 heterocycles. The van der Waals surface area contributed by atoms with Gasteiger partial charge in [0, 0.05) is 19.1 Å². The van der Waals surface area contributed by atoms with Gasteiger partial charge in [-0.1, -0.05) is 0 Å². The summed E-state index contributed by atoms with van der Waals surface area (Å²) in [7, 11) is 1.64. The number of ether oxygens (including phenoxy) is 9. The average Bonchev–Trinajstić information content (AvgIpc) is 2.95. The highest BCUT2D eigenvalue weighted by molar-refractivity contribution is 5.80. The van der Waals surface area contributed by atoms with Crippen LogP contribution in [0, 0.1) is 20.8 Å². The summed E-state index contributed by atoms with van der Waals surface area (Å²) in [5.41, 5.74) is 2.29. The summed E-state index contributed by atoms with van der Waals surface area (Å²) in [5.74, 6) is 0.543. The number of carbonyl (C=O) groups excluding carboxylic acids is 1. The molecule has 0 saturated heterocycles. The first kappa shape index (κ1) is 34.2. The molecule has 1 aromatic carbocycles. The molecule has 1 aliphatic rings. The van der Waals surface area contributed by atoms with E-state index in [1.807, 2.05) is 20.8 Å². The summed E-state index contributed by atoms with van der Waals surface area (Å²) in [5, 5.41) is 10.3. The minimum absolute atomic E-state index is 0.133. The number of carbonyl (C=O) groups is 1. The Hall–Kier alpha value is -1.99. The van der Waals surface area contributed by atoms with Crippen LogP contribution in [-0.2, 0) is 49.1 Å². The van der Waals surface area contributed by atoms with Crippen molar-refractivity contribution in [3.05, 3.63) is 22.3 Å². The van der Waals surface area contributed by atoms with Crippen LogP contribution in [0.15, 0.2) is 0 Å². The molecular weight excluding hydrogens is 524 g/mol. The van der Waals surface area contributed by atoms with Crippen LogP contribution in [0.4, 0.5) is 0 Å². The molecule has 1 aliphatic heterocycles. The lowest BCUT2D eigenvalue weighted by Gasteiger charge is -2.35. The second-order valence-corrected chi connectivity index (χ2v) is 9.67. The fraction of sp³-hybridized carbons (Fsp3) is 0.759. The predicted octanol–water partition coefficient (Wildman–Crippen LogP) is 2.69. The number of methoxy groups -OCH3 is 1. The molecule has 1 unspecified atom stereocenters. The topological polar surface area (TPSA) is 120 Å². The van der Waals surface area contributed by atoms with Crippen LogP contribution in [0.5, 0.6) is 11.5 Å². The number of fused-ring (bicyclic) bond motifs is 1. The van der Waals surface area contributed by atoms with Crippen molar-refractivity contribution in [2.45, 2.75) is 46.1 Å². The molecule has 2 rings (SSSR count). The van der Waals surface area contributed by atoms with Gasteiger partial charge in [0.05, 0.1) is 85.9 Å². The van der Waals surface area contributed by atoms with Crippen LogP contribution in [0.25, 0.3) is 0 Å². The van der Waals surface area contributed by atoms with Gasteiger partial charge >= 0.3 is 5.97 Å². The van der Waals surface area contributed by atoms with E-state index in [9.17, 15) is 9.90 Å². The first-order chi connectivity index (χ1) is 19.3. The molecule has 0 fully saturated rings. The van der Waals surface area contributed by atoms with Gasteiger partial charge in [-0.05, 0) is 50.8 Å². The molecule has 1 atom stereocenters. The second kappa shape index (κ2) is 19.2. The van der Waals surface area contributed by atoms with E-state index in [1.54, 1.807) is 14.0 Å². The smallest absolute Gasteiger partial charge is 0.350 e. The predicted molar refractivity (Wildman–Crippen MR) is 147 cm³/mol. The van der Waals surface area contributed by atoms with E-state index in [4.69, 9.17) is 42.6 Å². The average molecular weight is 573 g/mol. The number of phenols is 1. The van der Waals surface area contributed by atoms with Crippen LogP contribution in [0.2, 0.25) is 0 Å². The normalized spacial score (nSPS) is 16.5. The van der Waals surface area contributed by atoms with E-state index in [0.717, 1.165) is 22.3 Å². The van der Waals surface area contributed by atoms with Gasteiger partial charge in [-0.15, -0.1) is 0 Å². The Bertz CT molecular complexity index is 876. The van der Waals surface area contributed by atoms with Crippen molar-refractivity contribution in [1.82, 2.24) is 0 Å². The lowest BCUT2D eigenvalue weighted by Crippen LogP contribution is -2.46. The van der Waals surface area contributed by atoms with Crippen molar-refractivity contribution in [1.29, 1.82) is 0 Å². The highest BCUT2D eigenvalue weighted by atomic mass is 16.6. The fourth-order valence-electron chi connectivity index (χ4n) is 4.08. The molecule has 0 aromatic heterocycles. The van der Waals surface area contributed by atoms with Gasteiger partial charge in [0.2, 0.25) is 5.60 Å². The van der Waals surface area contributed by atoms with Crippen molar-refractivity contribution < 1.29 is 52.5 Å². The molecule has 0 spiro atoms. The van der Waals surface area contributed by atoms with Crippen molar-refractivity contribution in [3.63, 3.8) is 0 Å². The summed E-state index contributed by atoms with van der Waals surface area (Å²) in [6, 6.07) is 0. The third-order valence-electron chi connectivity index (χ3n) is 6.70. The molecule has 0 saturated carbocycles. The Morgan fingerprint density at radius 1 is 0.700 bits per heavy atom. The van der Waals surface area contributed by atoms with Gasteiger partial charge in [-0.25, -0.2) is 4.79 Å². The summed E-state index contributed by atoms with van der Waals surface area (Å²) < 4.78 is 49.0. The number of hydrogen-bond acceptors (Lipinski definition) is 11. The standard InChI is InChI=1S/C29H48O11/c1-22-23(2)27-25(24(3)26(22)30)6-7-29(4,40-27)28(31)39-21-20-38-19-18-37-17-16-36-15-14-35-13-12-34-11-10-33-9-8-32-5/h30H,6-21H2,1-5H3. The Balaban J connectivity index is 1.42. The Labute approximate surface area is 238 Å². The van der Waals surface area contributed by atoms with E-state index in [0.29, 0.717) is 104 Å². The molecule has 0 radical (unpaired) electrons. The highest BCUT2D eigenvalue weighted by Gasteiger charge is 2.42. The van der Waals surface area contributed by atoms with Crippen LogP contribution in [-0.4, -0.2) is 116 Å². The quantitative estimate of drug-likeness (QED) is 0.163. The molecule has 0 bridgehead atoms. The van der Waals surface area contributed by atoms with Crippen molar-refractivity contribution in [2.75, 3.05) is 99.6 Å². The zero-order chi connectivity index (χ0) is 29.2. The molecular formula is C29H48O11. The monoisotopic (exact) mass is 572 g/mol. The summed E-state index contributed by atoms with van der Waals surface area (Å²) in [6.07, 6.45) is 1.11. The van der Waals surface area contributed by atoms with E-state index < -0.39 is 11.6 Å².